The molecule has 0 fully saturated rings. The van der Waals surface area contributed by atoms with Crippen molar-refractivity contribution in [1.29, 1.82) is 0 Å². The van der Waals surface area contributed by atoms with Crippen LogP contribution < -0.4 is 0 Å². The van der Waals surface area contributed by atoms with Crippen LogP contribution in [0.1, 0.15) is 28.9 Å². The molecule has 0 spiro atoms. The molecule has 2 aromatic heterocycles. The first-order valence-corrected chi connectivity index (χ1v) is 5.23. The van der Waals surface area contributed by atoms with Crippen LogP contribution in [0, 0.1) is 6.92 Å². The van der Waals surface area contributed by atoms with Crippen molar-refractivity contribution >= 4 is 5.97 Å². The van der Waals surface area contributed by atoms with Gasteiger partial charge < -0.3 is 5.11 Å². The van der Waals surface area contributed by atoms with E-state index in [1.54, 1.807) is 12.4 Å². The fraction of sp³-hybridized carbons (Fsp3) is 0.273. The highest BCUT2D eigenvalue weighted by Gasteiger charge is 2.15. The van der Waals surface area contributed by atoms with Crippen LogP contribution in [0.4, 0.5) is 0 Å². The Balaban J connectivity index is 2.54. The van der Waals surface area contributed by atoms with Crippen molar-refractivity contribution in [1.82, 2.24) is 19.7 Å². The smallest absolute Gasteiger partial charge is 0.375 e. The highest BCUT2D eigenvalue weighted by Crippen LogP contribution is 2.11. The van der Waals surface area contributed by atoms with Crippen LogP contribution in [0.5, 0.6) is 0 Å². The fourth-order valence-electron chi connectivity index (χ4n) is 1.53. The van der Waals surface area contributed by atoms with Gasteiger partial charge in [0.25, 0.3) is 5.82 Å². The summed E-state index contributed by atoms with van der Waals surface area (Å²) in [6.45, 7) is 3.81. The monoisotopic (exact) mass is 232 g/mol. The standard InChI is InChI=1S/C11H12N4O2/c1-3-9-13-10(11(16)17)14-15(9)8-4-7(2)5-12-6-8/h4-6H,3H2,1-2H3,(H,16,17). The molecular formula is C11H12N4O2. The van der Waals surface area contributed by atoms with Gasteiger partial charge in [-0.2, -0.15) is 0 Å². The average molecular weight is 232 g/mol. The zero-order chi connectivity index (χ0) is 12.4. The van der Waals surface area contributed by atoms with Crippen LogP contribution in [-0.4, -0.2) is 30.8 Å². The maximum Gasteiger partial charge on any atom is 0.375 e. The largest absolute Gasteiger partial charge is 0.475 e. The van der Waals surface area contributed by atoms with E-state index in [4.69, 9.17) is 5.11 Å². The lowest BCUT2D eigenvalue weighted by molar-refractivity contribution is 0.0683. The average Bonchev–Trinajstić information content (AvgIpc) is 2.73. The summed E-state index contributed by atoms with van der Waals surface area (Å²) in [5, 5.41) is 12.8. The summed E-state index contributed by atoms with van der Waals surface area (Å²) in [5.74, 6) is -0.711. The van der Waals surface area contributed by atoms with Gasteiger partial charge in [-0.1, -0.05) is 6.92 Å². The lowest BCUT2D eigenvalue weighted by Crippen LogP contribution is -2.04. The van der Waals surface area contributed by atoms with Gasteiger partial charge in [0.1, 0.15) is 5.82 Å². The van der Waals surface area contributed by atoms with E-state index in [2.05, 4.69) is 15.1 Å². The van der Waals surface area contributed by atoms with Crippen molar-refractivity contribution in [2.75, 3.05) is 0 Å². The minimum atomic E-state index is -1.13. The molecule has 0 aliphatic carbocycles. The van der Waals surface area contributed by atoms with Crippen molar-refractivity contribution in [2.45, 2.75) is 20.3 Å². The van der Waals surface area contributed by atoms with E-state index in [0.717, 1.165) is 11.3 Å². The first kappa shape index (κ1) is 11.3. The molecule has 88 valence electrons. The third-order valence-corrected chi connectivity index (χ3v) is 2.29. The summed E-state index contributed by atoms with van der Waals surface area (Å²) in [5.41, 5.74) is 1.71. The van der Waals surface area contributed by atoms with Crippen molar-refractivity contribution in [3.8, 4) is 5.69 Å². The fourth-order valence-corrected chi connectivity index (χ4v) is 1.53. The molecule has 2 aromatic rings. The van der Waals surface area contributed by atoms with Gasteiger partial charge in [0.05, 0.1) is 11.9 Å². The number of rotatable bonds is 3. The number of carboxylic acid groups (broad SMARTS) is 1. The Morgan fingerprint density at radius 2 is 2.24 bits per heavy atom. The molecule has 1 N–H and O–H groups in total. The van der Waals surface area contributed by atoms with Crippen LogP contribution in [0.2, 0.25) is 0 Å². The van der Waals surface area contributed by atoms with Crippen LogP contribution in [0.15, 0.2) is 18.5 Å². The van der Waals surface area contributed by atoms with Gasteiger partial charge in [-0.15, -0.1) is 5.10 Å². The quantitative estimate of drug-likeness (QED) is 0.860. The predicted octanol–water partition coefficient (Wildman–Crippen LogP) is 1.23. The molecule has 6 nitrogen and oxygen atoms in total. The maximum atomic E-state index is 10.8. The number of aromatic nitrogens is 4. The molecule has 0 saturated heterocycles. The molecule has 2 rings (SSSR count). The third kappa shape index (κ3) is 2.15. The maximum absolute atomic E-state index is 10.8. The van der Waals surface area contributed by atoms with Crippen LogP contribution in [-0.2, 0) is 6.42 Å². The van der Waals surface area contributed by atoms with Crippen molar-refractivity contribution in [3.05, 3.63) is 35.7 Å². The van der Waals surface area contributed by atoms with E-state index in [-0.39, 0.29) is 5.82 Å². The number of pyridine rings is 1. The lowest BCUT2D eigenvalue weighted by atomic mass is 10.3. The molecule has 0 aliphatic rings. The Labute approximate surface area is 98.0 Å². The Morgan fingerprint density at radius 1 is 1.47 bits per heavy atom. The van der Waals surface area contributed by atoms with Crippen LogP contribution >= 0.6 is 0 Å². The SMILES string of the molecule is CCc1nc(C(=O)O)nn1-c1cncc(C)c1. The zero-order valence-corrected chi connectivity index (χ0v) is 9.58. The Kier molecular flexibility index (Phi) is 2.86. The highest BCUT2D eigenvalue weighted by molar-refractivity contribution is 5.83. The van der Waals surface area contributed by atoms with Crippen LogP contribution in [0.25, 0.3) is 5.69 Å². The summed E-state index contributed by atoms with van der Waals surface area (Å²) in [6, 6.07) is 1.88. The van der Waals surface area contributed by atoms with Crippen LogP contribution in [0.3, 0.4) is 0 Å². The third-order valence-electron chi connectivity index (χ3n) is 2.29. The van der Waals surface area contributed by atoms with E-state index >= 15 is 0 Å². The van der Waals surface area contributed by atoms with Crippen molar-refractivity contribution in [3.63, 3.8) is 0 Å². The molecule has 0 radical (unpaired) electrons. The lowest BCUT2D eigenvalue weighted by Gasteiger charge is -2.03. The summed E-state index contributed by atoms with van der Waals surface area (Å²) >= 11 is 0. The zero-order valence-electron chi connectivity index (χ0n) is 9.58. The van der Waals surface area contributed by atoms with Gasteiger partial charge in [0, 0.05) is 12.6 Å². The second kappa shape index (κ2) is 4.32. The molecule has 0 unspecified atom stereocenters. The van der Waals surface area contributed by atoms with Gasteiger partial charge in [-0.3, -0.25) is 4.98 Å². The number of carbonyl (C=O) groups is 1. The molecule has 0 aliphatic heterocycles. The predicted molar refractivity (Wildman–Crippen MR) is 60.2 cm³/mol. The molecular weight excluding hydrogens is 220 g/mol. The number of hydrogen-bond donors (Lipinski definition) is 1. The molecule has 0 aromatic carbocycles. The first-order chi connectivity index (χ1) is 8.11. The topological polar surface area (TPSA) is 80.9 Å². The van der Waals surface area contributed by atoms with E-state index in [1.807, 2.05) is 19.9 Å². The van der Waals surface area contributed by atoms with Gasteiger partial charge in [0.2, 0.25) is 0 Å². The minimum absolute atomic E-state index is 0.191. The van der Waals surface area contributed by atoms with Gasteiger partial charge in [0.15, 0.2) is 0 Å². The van der Waals surface area contributed by atoms with Gasteiger partial charge in [-0.25, -0.2) is 14.5 Å². The summed E-state index contributed by atoms with van der Waals surface area (Å²) < 4.78 is 1.52. The summed E-state index contributed by atoms with van der Waals surface area (Å²) in [6.07, 6.45) is 3.96. The molecule has 0 amide bonds. The number of aromatic carboxylic acids is 1. The number of nitrogens with zero attached hydrogens (tertiary/aromatic N) is 4. The Bertz CT molecular complexity index is 562. The number of hydrogen-bond acceptors (Lipinski definition) is 4. The van der Waals surface area contributed by atoms with E-state index in [1.165, 1.54) is 4.68 Å². The molecule has 2 heterocycles. The van der Waals surface area contributed by atoms with Crippen molar-refractivity contribution in [2.24, 2.45) is 0 Å². The number of aryl methyl sites for hydroxylation is 2. The van der Waals surface area contributed by atoms with Crippen molar-refractivity contribution < 1.29 is 9.90 Å². The minimum Gasteiger partial charge on any atom is -0.475 e. The molecule has 0 saturated carbocycles. The van der Waals surface area contributed by atoms with E-state index < -0.39 is 5.97 Å². The normalized spacial score (nSPS) is 10.5. The number of carboxylic acids is 1. The molecule has 0 bridgehead atoms. The first-order valence-electron chi connectivity index (χ1n) is 5.23. The summed E-state index contributed by atoms with van der Waals surface area (Å²) in [7, 11) is 0. The Morgan fingerprint density at radius 3 is 2.82 bits per heavy atom. The molecule has 0 atom stereocenters. The molecule has 6 heteroatoms. The van der Waals surface area contributed by atoms with E-state index in [9.17, 15) is 4.79 Å². The Hall–Kier alpha value is -2.24. The van der Waals surface area contributed by atoms with E-state index in [0.29, 0.717) is 12.2 Å². The second-order valence-corrected chi connectivity index (χ2v) is 3.64. The summed E-state index contributed by atoms with van der Waals surface area (Å²) in [4.78, 5) is 18.8. The molecule has 17 heavy (non-hydrogen) atoms. The van der Waals surface area contributed by atoms with Gasteiger partial charge in [-0.05, 0) is 18.6 Å². The highest BCUT2D eigenvalue weighted by atomic mass is 16.4. The van der Waals surface area contributed by atoms with Gasteiger partial charge >= 0.3 is 5.97 Å². The second-order valence-electron chi connectivity index (χ2n) is 3.64.